The molecule has 3 heterocycles. The molecule has 7 heteroatoms. The molecule has 2 N–H and O–H groups in total. The number of thiophene rings is 1. The number of halogens is 1. The fourth-order valence-electron chi connectivity index (χ4n) is 3.04. The van der Waals surface area contributed by atoms with Crippen LogP contribution in [0.3, 0.4) is 0 Å². The molecule has 0 aliphatic carbocycles. The van der Waals surface area contributed by atoms with Gasteiger partial charge in [-0.3, -0.25) is 0 Å². The number of aromatic nitrogens is 2. The van der Waals surface area contributed by atoms with Crippen molar-refractivity contribution in [3.05, 3.63) is 40.5 Å². The summed E-state index contributed by atoms with van der Waals surface area (Å²) >= 11 is 7.82. The van der Waals surface area contributed by atoms with Gasteiger partial charge in [0.1, 0.15) is 28.8 Å². The Morgan fingerprint density at radius 3 is 3.12 bits per heavy atom. The van der Waals surface area contributed by atoms with Crippen molar-refractivity contribution in [2.24, 2.45) is 0 Å². The average molecular weight is 375 g/mol. The number of hydrogen-bond acceptors (Lipinski definition) is 6. The Balaban J connectivity index is 1.66. The second-order valence-electron chi connectivity index (χ2n) is 6.17. The lowest BCUT2D eigenvalue weighted by Gasteiger charge is -2.25. The van der Waals surface area contributed by atoms with E-state index in [1.54, 1.807) is 17.7 Å². The molecule has 0 spiro atoms. The topological polar surface area (TPSA) is 59.1 Å². The Bertz CT molecular complexity index is 892. The molecule has 0 bridgehead atoms. The van der Waals surface area contributed by atoms with Gasteiger partial charge in [-0.15, -0.1) is 11.3 Å². The fraction of sp³-hybridized carbons (Fsp3) is 0.333. The van der Waals surface area contributed by atoms with E-state index < -0.39 is 0 Å². The SMILES string of the molecule is Cc1csc2ncnc(Nc3ccc(Cl)cc3O[C@H]3CCCNC3)c12. The number of anilines is 2. The highest BCUT2D eigenvalue weighted by Crippen LogP contribution is 2.35. The first-order valence-electron chi connectivity index (χ1n) is 8.33. The van der Waals surface area contributed by atoms with E-state index in [0.717, 1.165) is 59.0 Å². The number of piperidine rings is 1. The summed E-state index contributed by atoms with van der Waals surface area (Å²) < 4.78 is 6.21. The van der Waals surface area contributed by atoms with Crippen LogP contribution in [-0.2, 0) is 0 Å². The molecular weight excluding hydrogens is 356 g/mol. The van der Waals surface area contributed by atoms with Crippen LogP contribution in [0.25, 0.3) is 10.2 Å². The minimum absolute atomic E-state index is 0.154. The van der Waals surface area contributed by atoms with Crippen molar-refractivity contribution in [3.63, 3.8) is 0 Å². The molecule has 130 valence electrons. The van der Waals surface area contributed by atoms with Crippen LogP contribution in [0.1, 0.15) is 18.4 Å². The van der Waals surface area contributed by atoms with Crippen molar-refractivity contribution in [3.8, 4) is 5.75 Å². The molecule has 0 radical (unpaired) electrons. The highest BCUT2D eigenvalue weighted by molar-refractivity contribution is 7.17. The van der Waals surface area contributed by atoms with E-state index in [1.165, 1.54) is 0 Å². The molecule has 1 saturated heterocycles. The van der Waals surface area contributed by atoms with Crippen molar-refractivity contribution in [1.29, 1.82) is 0 Å². The van der Waals surface area contributed by atoms with Gasteiger partial charge in [-0.05, 0) is 49.4 Å². The molecule has 1 fully saturated rings. The molecule has 2 aromatic heterocycles. The Morgan fingerprint density at radius 1 is 1.36 bits per heavy atom. The largest absolute Gasteiger partial charge is 0.487 e. The van der Waals surface area contributed by atoms with Crippen molar-refractivity contribution in [2.45, 2.75) is 25.9 Å². The molecule has 5 nitrogen and oxygen atoms in total. The number of ether oxygens (including phenoxy) is 1. The molecule has 1 atom stereocenters. The molecule has 3 aromatic rings. The third kappa shape index (κ3) is 3.56. The highest BCUT2D eigenvalue weighted by Gasteiger charge is 2.17. The molecule has 0 saturated carbocycles. The van der Waals surface area contributed by atoms with Gasteiger partial charge in [-0.25, -0.2) is 9.97 Å². The summed E-state index contributed by atoms with van der Waals surface area (Å²) in [5.74, 6) is 1.54. The minimum atomic E-state index is 0.154. The maximum atomic E-state index is 6.21. The third-order valence-corrected chi connectivity index (χ3v) is 5.54. The highest BCUT2D eigenvalue weighted by atomic mass is 35.5. The van der Waals surface area contributed by atoms with Gasteiger partial charge in [0.25, 0.3) is 0 Å². The first-order chi connectivity index (χ1) is 12.2. The Kier molecular flexibility index (Phi) is 4.74. The van der Waals surface area contributed by atoms with Crippen molar-refractivity contribution >= 4 is 44.7 Å². The van der Waals surface area contributed by atoms with E-state index in [1.807, 2.05) is 18.2 Å². The van der Waals surface area contributed by atoms with Crippen LogP contribution >= 0.6 is 22.9 Å². The monoisotopic (exact) mass is 374 g/mol. The number of fused-ring (bicyclic) bond motifs is 1. The molecule has 4 rings (SSSR count). The Labute approximate surface area is 155 Å². The second kappa shape index (κ2) is 7.15. The number of nitrogens with zero attached hydrogens (tertiary/aromatic N) is 2. The molecule has 0 unspecified atom stereocenters. The molecule has 1 aliphatic heterocycles. The predicted octanol–water partition coefficient (Wildman–Crippen LogP) is 4.53. The number of rotatable bonds is 4. The summed E-state index contributed by atoms with van der Waals surface area (Å²) in [7, 11) is 0. The zero-order chi connectivity index (χ0) is 17.2. The molecule has 25 heavy (non-hydrogen) atoms. The van der Waals surface area contributed by atoms with E-state index >= 15 is 0 Å². The van der Waals surface area contributed by atoms with Crippen LogP contribution in [0, 0.1) is 6.92 Å². The zero-order valence-electron chi connectivity index (χ0n) is 13.9. The summed E-state index contributed by atoms with van der Waals surface area (Å²) in [5, 5.41) is 10.6. The number of nitrogens with one attached hydrogen (secondary N) is 2. The zero-order valence-corrected chi connectivity index (χ0v) is 15.5. The smallest absolute Gasteiger partial charge is 0.144 e. The minimum Gasteiger partial charge on any atom is -0.487 e. The summed E-state index contributed by atoms with van der Waals surface area (Å²) in [6.07, 6.45) is 3.90. The normalized spacial score (nSPS) is 17.6. The van der Waals surface area contributed by atoms with Gasteiger partial charge in [-0.2, -0.15) is 0 Å². The summed E-state index contributed by atoms with van der Waals surface area (Å²) in [4.78, 5) is 9.75. The average Bonchev–Trinajstić information content (AvgIpc) is 3.00. The van der Waals surface area contributed by atoms with Gasteiger partial charge in [-0.1, -0.05) is 11.6 Å². The predicted molar refractivity (Wildman–Crippen MR) is 103 cm³/mol. The van der Waals surface area contributed by atoms with E-state index in [9.17, 15) is 0 Å². The summed E-state index contributed by atoms with van der Waals surface area (Å²) in [6, 6.07) is 5.65. The number of aryl methyl sites for hydroxylation is 1. The molecule has 1 aromatic carbocycles. The van der Waals surface area contributed by atoms with Crippen molar-refractivity contribution in [1.82, 2.24) is 15.3 Å². The van der Waals surface area contributed by atoms with Crippen LogP contribution in [0.2, 0.25) is 5.02 Å². The lowest BCUT2D eigenvalue weighted by Crippen LogP contribution is -2.37. The maximum Gasteiger partial charge on any atom is 0.144 e. The summed E-state index contributed by atoms with van der Waals surface area (Å²) in [5.41, 5.74) is 2.02. The fourth-order valence-corrected chi connectivity index (χ4v) is 4.09. The molecule has 1 aliphatic rings. The Morgan fingerprint density at radius 2 is 2.28 bits per heavy atom. The van der Waals surface area contributed by atoms with Crippen LogP contribution < -0.4 is 15.4 Å². The summed E-state index contributed by atoms with van der Waals surface area (Å²) in [6.45, 7) is 3.98. The standard InChI is InChI=1S/C18H19ClN4OS/c1-11-9-25-18-16(11)17(21-10-22-18)23-14-5-4-12(19)7-15(14)24-13-3-2-6-20-8-13/h4-5,7,9-10,13,20H,2-3,6,8H2,1H3,(H,21,22,23)/t13-/m0/s1. The van der Waals surface area contributed by atoms with Crippen LogP contribution in [0.4, 0.5) is 11.5 Å². The second-order valence-corrected chi connectivity index (χ2v) is 7.47. The van der Waals surface area contributed by atoms with Crippen LogP contribution in [0.5, 0.6) is 5.75 Å². The van der Waals surface area contributed by atoms with Crippen molar-refractivity contribution in [2.75, 3.05) is 18.4 Å². The van der Waals surface area contributed by atoms with E-state index in [-0.39, 0.29) is 6.10 Å². The maximum absolute atomic E-state index is 6.21. The van der Waals surface area contributed by atoms with Gasteiger partial charge in [0.15, 0.2) is 0 Å². The van der Waals surface area contributed by atoms with Crippen molar-refractivity contribution < 1.29 is 4.74 Å². The van der Waals surface area contributed by atoms with E-state index in [4.69, 9.17) is 16.3 Å². The van der Waals surface area contributed by atoms with Crippen LogP contribution in [-0.4, -0.2) is 29.2 Å². The van der Waals surface area contributed by atoms with E-state index in [2.05, 4.69) is 32.9 Å². The number of hydrogen-bond donors (Lipinski definition) is 2. The first kappa shape index (κ1) is 16.6. The van der Waals surface area contributed by atoms with E-state index in [0.29, 0.717) is 5.02 Å². The third-order valence-electron chi connectivity index (χ3n) is 4.30. The quantitative estimate of drug-likeness (QED) is 0.702. The van der Waals surface area contributed by atoms with Gasteiger partial charge >= 0.3 is 0 Å². The number of benzene rings is 1. The van der Waals surface area contributed by atoms with Gasteiger partial charge < -0.3 is 15.4 Å². The van der Waals surface area contributed by atoms with Gasteiger partial charge in [0.05, 0.1) is 11.1 Å². The molecule has 0 amide bonds. The first-order valence-corrected chi connectivity index (χ1v) is 9.59. The molecular formula is C18H19ClN4OS. The lowest BCUT2D eigenvalue weighted by molar-refractivity contribution is 0.168. The Hall–Kier alpha value is -1.89. The lowest BCUT2D eigenvalue weighted by atomic mass is 10.1. The van der Waals surface area contributed by atoms with Gasteiger partial charge in [0, 0.05) is 17.6 Å². The van der Waals surface area contributed by atoms with Gasteiger partial charge in [0.2, 0.25) is 0 Å². The van der Waals surface area contributed by atoms with Crippen LogP contribution in [0.15, 0.2) is 29.9 Å².